The van der Waals surface area contributed by atoms with Gasteiger partial charge in [-0.3, -0.25) is 18.6 Å². The largest absolute Gasteiger partial charge is 0.472 e. The molecule has 0 fully saturated rings. The van der Waals surface area contributed by atoms with Crippen LogP contribution in [0.1, 0.15) is 355 Å². The highest BCUT2D eigenvalue weighted by Gasteiger charge is 2.30. The highest BCUT2D eigenvalue weighted by Crippen LogP contribution is 2.43. The van der Waals surface area contributed by atoms with Crippen molar-refractivity contribution in [2.45, 2.75) is 367 Å². The van der Waals surface area contributed by atoms with Gasteiger partial charge in [0.1, 0.15) is 19.3 Å². The van der Waals surface area contributed by atoms with Gasteiger partial charge in [0.05, 0.1) is 33.8 Å². The monoisotopic (exact) mass is 1140 g/mol. The Balaban J connectivity index is 4.95. The quantitative estimate of drug-likeness (QED) is 0.0205. The molecule has 2 N–H and O–H groups in total. The first-order valence-corrected chi connectivity index (χ1v) is 36.2. The molecule has 0 rings (SSSR count). The number of allylic oxidation sites excluding steroid dienone is 3. The van der Waals surface area contributed by atoms with Gasteiger partial charge in [0, 0.05) is 12.8 Å². The van der Waals surface area contributed by atoms with E-state index < -0.39 is 20.0 Å². The summed E-state index contributed by atoms with van der Waals surface area (Å²) >= 11 is 0. The second-order valence-electron chi connectivity index (χ2n) is 25.1. The molecule has 0 aromatic heterocycles. The van der Waals surface area contributed by atoms with E-state index in [0.717, 1.165) is 57.8 Å². The number of carbonyl (C=O) groups excluding carboxylic acids is 2. The highest BCUT2D eigenvalue weighted by molar-refractivity contribution is 7.47. The summed E-state index contributed by atoms with van der Waals surface area (Å²) in [6, 6.07) is -0.841. The number of hydrogen-bond acceptors (Lipinski definition) is 6. The molecule has 0 saturated heterocycles. The van der Waals surface area contributed by atoms with E-state index in [1.54, 1.807) is 0 Å². The standard InChI is InChI=1S/C69H135N2O7P/c1-7-10-13-16-19-22-25-28-30-31-32-33-34-35-36-37-38-39-40-41-42-44-47-50-53-56-59-62-69(73)78-67(60-57-54-51-48-45-27-24-21-18-15-12-9-3)66(65-77-79(74,75)76-64-63-71(4,5)6)70-68(72)61-58-55-52-49-46-43-29-26-23-20-17-14-11-8-2/h28,30,57,60,66-67H,7-27,29,31-56,58-59,61-65H2,1-6H3,(H-,70,72,74,75)/p+1/b30-28+,60-57-. The Hall–Kier alpha value is -1.51. The molecule has 468 valence electrons. The minimum Gasteiger partial charge on any atom is -0.456 e. The number of phosphoric acid groups is 1. The molecule has 79 heavy (non-hydrogen) atoms. The lowest BCUT2D eigenvalue weighted by Crippen LogP contribution is -2.47. The maximum absolute atomic E-state index is 13.5. The van der Waals surface area contributed by atoms with Crippen molar-refractivity contribution in [2.75, 3.05) is 40.9 Å². The summed E-state index contributed by atoms with van der Waals surface area (Å²) in [5, 5.41) is 3.07. The Bertz CT molecular complexity index is 1400. The minimum absolute atomic E-state index is 0.0447. The molecule has 10 heteroatoms. The minimum atomic E-state index is -4.44. The van der Waals surface area contributed by atoms with Gasteiger partial charge < -0.3 is 19.4 Å². The summed E-state index contributed by atoms with van der Waals surface area (Å²) in [5.41, 5.74) is 0. The molecule has 0 bridgehead atoms. The summed E-state index contributed by atoms with van der Waals surface area (Å²) in [7, 11) is 1.52. The van der Waals surface area contributed by atoms with Gasteiger partial charge in [0.15, 0.2) is 0 Å². The first-order valence-electron chi connectivity index (χ1n) is 34.7. The second-order valence-corrected chi connectivity index (χ2v) is 26.5. The van der Waals surface area contributed by atoms with Crippen LogP contribution in [0.2, 0.25) is 0 Å². The van der Waals surface area contributed by atoms with Gasteiger partial charge in [0.25, 0.3) is 0 Å². The fraction of sp³-hybridized carbons (Fsp3) is 0.913. The van der Waals surface area contributed by atoms with Crippen LogP contribution in [0.15, 0.2) is 24.3 Å². The third-order valence-corrected chi connectivity index (χ3v) is 16.9. The lowest BCUT2D eigenvalue weighted by Gasteiger charge is -2.27. The fourth-order valence-electron chi connectivity index (χ4n) is 10.5. The Kier molecular flexibility index (Phi) is 58.5. The van der Waals surface area contributed by atoms with Crippen molar-refractivity contribution in [1.29, 1.82) is 0 Å². The van der Waals surface area contributed by atoms with Gasteiger partial charge in [-0.1, -0.05) is 309 Å². The Labute approximate surface area is 492 Å². The van der Waals surface area contributed by atoms with E-state index in [4.69, 9.17) is 13.8 Å². The molecular weight excluding hydrogens is 1000 g/mol. The maximum atomic E-state index is 13.5. The summed E-state index contributed by atoms with van der Waals surface area (Å²) in [5.74, 6) is -0.483. The molecule has 0 aromatic carbocycles. The normalized spacial score (nSPS) is 13.7. The Morgan fingerprint density at radius 1 is 0.430 bits per heavy atom. The second kappa shape index (κ2) is 59.6. The summed E-state index contributed by atoms with van der Waals surface area (Å²) in [4.78, 5) is 37.8. The number of amides is 1. The molecule has 0 aliphatic rings. The number of rotatable bonds is 64. The highest BCUT2D eigenvalue weighted by atomic mass is 31.2. The molecule has 1 amide bonds. The van der Waals surface area contributed by atoms with Crippen molar-refractivity contribution in [1.82, 2.24) is 5.32 Å². The van der Waals surface area contributed by atoms with E-state index in [2.05, 4.69) is 38.2 Å². The van der Waals surface area contributed by atoms with Crippen LogP contribution in [0.4, 0.5) is 0 Å². The van der Waals surface area contributed by atoms with Gasteiger partial charge in [-0.15, -0.1) is 0 Å². The van der Waals surface area contributed by atoms with Crippen LogP contribution < -0.4 is 5.32 Å². The number of hydrogen-bond donors (Lipinski definition) is 2. The predicted molar refractivity (Wildman–Crippen MR) is 342 cm³/mol. The fourth-order valence-corrected chi connectivity index (χ4v) is 11.3. The van der Waals surface area contributed by atoms with E-state index in [-0.39, 0.29) is 25.1 Å². The van der Waals surface area contributed by atoms with Crippen LogP contribution in [0, 0.1) is 0 Å². The summed E-state index contributed by atoms with van der Waals surface area (Å²) in [6.07, 6.45) is 71.9. The van der Waals surface area contributed by atoms with Crippen molar-refractivity contribution in [3.63, 3.8) is 0 Å². The molecule has 0 aliphatic heterocycles. The van der Waals surface area contributed by atoms with Gasteiger partial charge in [0.2, 0.25) is 5.91 Å². The molecule has 0 saturated carbocycles. The summed E-state index contributed by atoms with van der Waals surface area (Å²) in [6.45, 7) is 7.06. The molecule has 0 spiro atoms. The Morgan fingerprint density at radius 2 is 0.734 bits per heavy atom. The van der Waals surface area contributed by atoms with Gasteiger partial charge in [-0.2, -0.15) is 0 Å². The zero-order valence-electron chi connectivity index (χ0n) is 53.6. The molecular formula is C69H136N2O7P+. The number of phosphoric ester groups is 1. The molecule has 0 radical (unpaired) electrons. The average molecular weight is 1140 g/mol. The first kappa shape index (κ1) is 77.5. The predicted octanol–water partition coefficient (Wildman–Crippen LogP) is 21.7. The molecule has 3 atom stereocenters. The number of nitrogens with zero attached hydrogens (tertiary/aromatic N) is 1. The number of carbonyl (C=O) groups is 2. The van der Waals surface area contributed by atoms with Crippen LogP contribution in [0.25, 0.3) is 0 Å². The number of ether oxygens (including phenoxy) is 1. The zero-order chi connectivity index (χ0) is 57.9. The van der Waals surface area contributed by atoms with Crippen molar-refractivity contribution in [3.05, 3.63) is 24.3 Å². The van der Waals surface area contributed by atoms with Crippen molar-refractivity contribution < 1.29 is 37.3 Å². The number of esters is 1. The van der Waals surface area contributed by atoms with E-state index in [1.807, 2.05) is 33.3 Å². The lowest BCUT2D eigenvalue weighted by molar-refractivity contribution is -0.870. The average Bonchev–Trinajstić information content (AvgIpc) is 3.41. The number of quaternary nitrogens is 1. The van der Waals surface area contributed by atoms with Crippen LogP contribution in [0.5, 0.6) is 0 Å². The lowest BCUT2D eigenvalue weighted by atomic mass is 10.0. The van der Waals surface area contributed by atoms with E-state index >= 15 is 0 Å². The van der Waals surface area contributed by atoms with E-state index in [0.29, 0.717) is 23.9 Å². The zero-order valence-corrected chi connectivity index (χ0v) is 54.5. The Morgan fingerprint density at radius 3 is 1.08 bits per heavy atom. The summed E-state index contributed by atoms with van der Waals surface area (Å²) < 4.78 is 30.8. The number of unbranched alkanes of at least 4 members (excludes halogenated alkanes) is 46. The van der Waals surface area contributed by atoms with Crippen LogP contribution in [-0.4, -0.2) is 74.3 Å². The molecule has 3 unspecified atom stereocenters. The van der Waals surface area contributed by atoms with E-state index in [9.17, 15) is 19.0 Å². The number of likely N-dealkylation sites (N-methyl/N-ethyl adjacent to an activating group) is 1. The van der Waals surface area contributed by atoms with E-state index in [1.165, 1.54) is 263 Å². The topological polar surface area (TPSA) is 111 Å². The van der Waals surface area contributed by atoms with Crippen molar-refractivity contribution >= 4 is 19.7 Å². The SMILES string of the molecule is CCCCCCCC/C=C/CCCCCCCCCCCCCCCCCCCC(=O)OC(/C=C\CCCCCCCCCCCC)C(COP(=O)(O)OCC[N+](C)(C)C)NC(=O)CCCCCCCCCCCCCCCC. The van der Waals surface area contributed by atoms with Crippen LogP contribution in [-0.2, 0) is 27.9 Å². The number of nitrogens with one attached hydrogen (secondary N) is 1. The van der Waals surface area contributed by atoms with Crippen LogP contribution >= 0.6 is 7.82 Å². The molecule has 0 aromatic rings. The van der Waals surface area contributed by atoms with Gasteiger partial charge in [-0.05, 0) is 57.4 Å². The smallest absolute Gasteiger partial charge is 0.456 e. The maximum Gasteiger partial charge on any atom is 0.472 e. The van der Waals surface area contributed by atoms with Crippen LogP contribution in [0.3, 0.4) is 0 Å². The molecule has 0 heterocycles. The van der Waals surface area contributed by atoms with Gasteiger partial charge >= 0.3 is 13.8 Å². The third kappa shape index (κ3) is 60.9. The van der Waals surface area contributed by atoms with Crippen molar-refractivity contribution in [3.8, 4) is 0 Å². The van der Waals surface area contributed by atoms with Crippen molar-refractivity contribution in [2.24, 2.45) is 0 Å². The third-order valence-electron chi connectivity index (χ3n) is 15.9. The first-order chi connectivity index (χ1) is 38.4. The van der Waals surface area contributed by atoms with Gasteiger partial charge in [-0.25, -0.2) is 4.57 Å². The molecule has 0 aliphatic carbocycles. The molecule has 9 nitrogen and oxygen atoms in total.